The lowest BCUT2D eigenvalue weighted by Crippen LogP contribution is -2.16. The third-order valence-electron chi connectivity index (χ3n) is 1.44. The number of nitrogens with one attached hydrogen (secondary N) is 1. The zero-order valence-electron chi connectivity index (χ0n) is 8.67. The quantitative estimate of drug-likeness (QED) is 0.503. The van der Waals surface area contributed by atoms with Crippen LogP contribution in [0.3, 0.4) is 0 Å². The minimum Gasteiger partial charge on any atom is -0.379 e. The molecule has 0 saturated heterocycles. The Morgan fingerprint density at radius 3 is 1.92 bits per heavy atom. The molecule has 0 amide bonds. The van der Waals surface area contributed by atoms with Crippen molar-refractivity contribution in [3.63, 3.8) is 0 Å². The van der Waals surface area contributed by atoms with Crippen molar-refractivity contribution in [3.8, 4) is 0 Å². The van der Waals surface area contributed by atoms with Gasteiger partial charge in [0.1, 0.15) is 0 Å². The van der Waals surface area contributed by atoms with E-state index in [4.69, 9.17) is 14.2 Å². The van der Waals surface area contributed by atoms with Crippen LogP contribution < -0.4 is 5.32 Å². The first kappa shape index (κ1) is 12.8. The van der Waals surface area contributed by atoms with E-state index in [2.05, 4.69) is 5.32 Å². The van der Waals surface area contributed by atoms with Gasteiger partial charge >= 0.3 is 0 Å². The van der Waals surface area contributed by atoms with Crippen molar-refractivity contribution in [3.05, 3.63) is 0 Å². The Bertz CT molecular complexity index is 80.9. The highest BCUT2D eigenvalue weighted by atomic mass is 16.5. The van der Waals surface area contributed by atoms with Crippen LogP contribution >= 0.6 is 0 Å². The second kappa shape index (κ2) is 11.8. The highest BCUT2D eigenvalue weighted by molar-refractivity contribution is 4.36. The Morgan fingerprint density at radius 2 is 1.38 bits per heavy atom. The molecule has 0 atom stereocenters. The standard InChI is InChI=1S/C9H21NO3/c1-3-11-6-7-13-9-8-12-5-4-10-2/h10H,3-9H2,1-2H3. The Morgan fingerprint density at radius 1 is 0.846 bits per heavy atom. The number of likely N-dealkylation sites (N-methyl/N-ethyl adjacent to an activating group) is 1. The van der Waals surface area contributed by atoms with Crippen LogP contribution in [0.5, 0.6) is 0 Å². The molecule has 13 heavy (non-hydrogen) atoms. The number of rotatable bonds is 10. The van der Waals surface area contributed by atoms with Crippen LogP contribution in [0.1, 0.15) is 6.92 Å². The van der Waals surface area contributed by atoms with Gasteiger partial charge in [-0.2, -0.15) is 0 Å². The molecule has 0 fully saturated rings. The molecule has 0 unspecified atom stereocenters. The maximum absolute atomic E-state index is 5.25. The Balaban J connectivity index is 2.76. The van der Waals surface area contributed by atoms with Gasteiger partial charge in [0.2, 0.25) is 0 Å². The Kier molecular flexibility index (Phi) is 11.7. The van der Waals surface area contributed by atoms with Gasteiger partial charge in [-0.25, -0.2) is 0 Å². The van der Waals surface area contributed by atoms with Gasteiger partial charge in [0, 0.05) is 13.2 Å². The summed E-state index contributed by atoms with van der Waals surface area (Å²) in [6, 6.07) is 0. The van der Waals surface area contributed by atoms with Crippen molar-refractivity contribution in [2.75, 3.05) is 53.2 Å². The molecule has 0 spiro atoms. The molecule has 0 aliphatic carbocycles. The molecule has 0 heterocycles. The predicted molar refractivity (Wildman–Crippen MR) is 52.1 cm³/mol. The third kappa shape index (κ3) is 11.8. The van der Waals surface area contributed by atoms with E-state index in [9.17, 15) is 0 Å². The SMILES string of the molecule is CCOCCOCCOCCNC. The molecule has 0 aromatic carbocycles. The maximum atomic E-state index is 5.25. The molecule has 0 radical (unpaired) electrons. The van der Waals surface area contributed by atoms with Crippen LogP contribution in [-0.2, 0) is 14.2 Å². The van der Waals surface area contributed by atoms with Crippen molar-refractivity contribution in [1.29, 1.82) is 0 Å². The fraction of sp³-hybridized carbons (Fsp3) is 1.00. The summed E-state index contributed by atoms with van der Waals surface area (Å²) in [5, 5.41) is 3.00. The van der Waals surface area contributed by atoms with Crippen LogP contribution in [0, 0.1) is 0 Å². The largest absolute Gasteiger partial charge is 0.379 e. The van der Waals surface area contributed by atoms with Gasteiger partial charge in [0.15, 0.2) is 0 Å². The van der Waals surface area contributed by atoms with Gasteiger partial charge in [-0.15, -0.1) is 0 Å². The van der Waals surface area contributed by atoms with E-state index in [1.165, 1.54) is 0 Å². The molecule has 0 saturated carbocycles. The zero-order valence-corrected chi connectivity index (χ0v) is 8.67. The number of hydrogen-bond acceptors (Lipinski definition) is 4. The maximum Gasteiger partial charge on any atom is 0.0701 e. The van der Waals surface area contributed by atoms with Gasteiger partial charge < -0.3 is 19.5 Å². The van der Waals surface area contributed by atoms with E-state index in [-0.39, 0.29) is 0 Å². The molecule has 0 aliphatic heterocycles. The Hall–Kier alpha value is -0.160. The van der Waals surface area contributed by atoms with E-state index < -0.39 is 0 Å². The first-order chi connectivity index (χ1) is 6.41. The van der Waals surface area contributed by atoms with E-state index >= 15 is 0 Å². The summed E-state index contributed by atoms with van der Waals surface area (Å²) in [6.45, 7) is 6.99. The van der Waals surface area contributed by atoms with Crippen LogP contribution in [0.2, 0.25) is 0 Å². The van der Waals surface area contributed by atoms with Crippen LogP contribution in [0.15, 0.2) is 0 Å². The van der Waals surface area contributed by atoms with Gasteiger partial charge in [0.05, 0.1) is 33.0 Å². The van der Waals surface area contributed by atoms with Gasteiger partial charge in [-0.3, -0.25) is 0 Å². The summed E-state index contributed by atoms with van der Waals surface area (Å²) in [5.74, 6) is 0. The molecule has 4 nitrogen and oxygen atoms in total. The van der Waals surface area contributed by atoms with Crippen molar-refractivity contribution >= 4 is 0 Å². The Labute approximate surface area is 80.5 Å². The molecule has 0 aromatic heterocycles. The topological polar surface area (TPSA) is 39.7 Å². The minimum absolute atomic E-state index is 0.650. The fourth-order valence-corrected chi connectivity index (χ4v) is 0.758. The van der Waals surface area contributed by atoms with Gasteiger partial charge in [0.25, 0.3) is 0 Å². The minimum atomic E-state index is 0.650. The average molecular weight is 191 g/mol. The van der Waals surface area contributed by atoms with E-state index in [1.807, 2.05) is 14.0 Å². The molecule has 4 heteroatoms. The second-order valence-corrected chi connectivity index (χ2v) is 2.53. The third-order valence-corrected chi connectivity index (χ3v) is 1.44. The van der Waals surface area contributed by atoms with E-state index in [0.717, 1.165) is 19.8 Å². The first-order valence-electron chi connectivity index (χ1n) is 4.79. The molecular weight excluding hydrogens is 170 g/mol. The second-order valence-electron chi connectivity index (χ2n) is 2.53. The molecule has 1 N–H and O–H groups in total. The first-order valence-corrected chi connectivity index (χ1v) is 4.79. The van der Waals surface area contributed by atoms with Crippen molar-refractivity contribution in [1.82, 2.24) is 5.32 Å². The fourth-order valence-electron chi connectivity index (χ4n) is 0.758. The van der Waals surface area contributed by atoms with E-state index in [1.54, 1.807) is 0 Å². The zero-order chi connectivity index (χ0) is 9.78. The highest BCUT2D eigenvalue weighted by Gasteiger charge is 1.89. The molecule has 0 aromatic rings. The summed E-state index contributed by atoms with van der Waals surface area (Å²) < 4.78 is 15.6. The normalized spacial score (nSPS) is 10.6. The monoisotopic (exact) mass is 191 g/mol. The summed E-state index contributed by atoms with van der Waals surface area (Å²) in [5.41, 5.74) is 0. The summed E-state index contributed by atoms with van der Waals surface area (Å²) >= 11 is 0. The average Bonchev–Trinajstić information content (AvgIpc) is 2.16. The molecule has 0 bridgehead atoms. The van der Waals surface area contributed by atoms with Crippen molar-refractivity contribution in [2.24, 2.45) is 0 Å². The van der Waals surface area contributed by atoms with Crippen LogP contribution in [-0.4, -0.2) is 53.2 Å². The molecule has 0 rings (SSSR count). The lowest BCUT2D eigenvalue weighted by molar-refractivity contribution is 0.0178. The van der Waals surface area contributed by atoms with Crippen LogP contribution in [0.4, 0.5) is 0 Å². The summed E-state index contributed by atoms with van der Waals surface area (Å²) in [6.07, 6.45) is 0. The highest BCUT2D eigenvalue weighted by Crippen LogP contribution is 1.80. The van der Waals surface area contributed by atoms with Crippen molar-refractivity contribution < 1.29 is 14.2 Å². The number of hydrogen-bond donors (Lipinski definition) is 1. The lowest BCUT2D eigenvalue weighted by Gasteiger charge is -2.05. The van der Waals surface area contributed by atoms with Crippen LogP contribution in [0.25, 0.3) is 0 Å². The summed E-state index contributed by atoms with van der Waals surface area (Å²) in [7, 11) is 1.90. The van der Waals surface area contributed by atoms with E-state index in [0.29, 0.717) is 26.4 Å². The smallest absolute Gasteiger partial charge is 0.0701 e. The molecule has 0 aliphatic rings. The number of ether oxygens (including phenoxy) is 3. The molecular formula is C9H21NO3. The molecule has 80 valence electrons. The van der Waals surface area contributed by atoms with Gasteiger partial charge in [-0.1, -0.05) is 0 Å². The predicted octanol–water partition coefficient (Wildman–Crippen LogP) is 0.276. The van der Waals surface area contributed by atoms with Crippen molar-refractivity contribution in [2.45, 2.75) is 6.92 Å². The van der Waals surface area contributed by atoms with Gasteiger partial charge in [-0.05, 0) is 14.0 Å². The summed E-state index contributed by atoms with van der Waals surface area (Å²) in [4.78, 5) is 0. The lowest BCUT2D eigenvalue weighted by atomic mass is 10.6.